The van der Waals surface area contributed by atoms with Gasteiger partial charge in [0.2, 0.25) is 5.91 Å². The summed E-state index contributed by atoms with van der Waals surface area (Å²) in [5.41, 5.74) is 8.03. The van der Waals surface area contributed by atoms with Crippen molar-refractivity contribution in [3.05, 3.63) is 69.7 Å². The lowest BCUT2D eigenvalue weighted by Gasteiger charge is -2.13. The Hall–Kier alpha value is -1.26. The summed E-state index contributed by atoms with van der Waals surface area (Å²) in [6, 6.07) is 14.8. The van der Waals surface area contributed by atoms with E-state index in [1.54, 1.807) is 18.2 Å². The van der Waals surface area contributed by atoms with E-state index in [2.05, 4.69) is 17.4 Å². The quantitative estimate of drug-likeness (QED) is 0.705. The van der Waals surface area contributed by atoms with Crippen molar-refractivity contribution < 1.29 is 4.79 Å². The fraction of sp³-hybridized carbons (Fsp3) is 0.278. The van der Waals surface area contributed by atoms with E-state index in [0.717, 1.165) is 18.4 Å². The van der Waals surface area contributed by atoms with E-state index in [1.165, 1.54) is 5.56 Å². The van der Waals surface area contributed by atoms with Crippen LogP contribution in [-0.2, 0) is 17.6 Å². The summed E-state index contributed by atoms with van der Waals surface area (Å²) in [7, 11) is 0. The molecule has 24 heavy (non-hydrogen) atoms. The molecule has 0 saturated heterocycles. The van der Waals surface area contributed by atoms with Gasteiger partial charge in [-0.15, -0.1) is 12.4 Å². The molecule has 3 N–H and O–H groups in total. The molecule has 2 aromatic carbocycles. The Morgan fingerprint density at radius 2 is 1.83 bits per heavy atom. The number of halogens is 3. The van der Waals surface area contributed by atoms with Crippen LogP contribution in [0.25, 0.3) is 0 Å². The Kier molecular flexibility index (Phi) is 9.16. The first-order valence-electron chi connectivity index (χ1n) is 7.57. The van der Waals surface area contributed by atoms with Gasteiger partial charge in [-0.25, -0.2) is 0 Å². The van der Waals surface area contributed by atoms with E-state index in [1.807, 2.05) is 18.2 Å². The van der Waals surface area contributed by atoms with Crippen LogP contribution >= 0.6 is 35.6 Å². The molecule has 0 fully saturated rings. The molecule has 0 spiro atoms. The first kappa shape index (κ1) is 20.8. The summed E-state index contributed by atoms with van der Waals surface area (Å²) < 4.78 is 0. The summed E-state index contributed by atoms with van der Waals surface area (Å²) in [6.45, 7) is 0.607. The highest BCUT2D eigenvalue weighted by Crippen LogP contribution is 2.21. The minimum absolute atomic E-state index is 0. The molecule has 1 atom stereocenters. The Labute approximate surface area is 158 Å². The second kappa shape index (κ2) is 10.6. The fourth-order valence-electron chi connectivity index (χ4n) is 2.30. The summed E-state index contributed by atoms with van der Waals surface area (Å²) >= 11 is 12.0. The molecular formula is C18H21Cl3N2O. The van der Waals surface area contributed by atoms with E-state index in [9.17, 15) is 4.79 Å². The third-order valence-corrected chi connectivity index (χ3v) is 4.16. The van der Waals surface area contributed by atoms with Crippen LogP contribution in [-0.4, -0.2) is 18.5 Å². The van der Waals surface area contributed by atoms with Crippen LogP contribution < -0.4 is 11.1 Å². The average molecular weight is 388 g/mol. The van der Waals surface area contributed by atoms with E-state index < -0.39 is 6.04 Å². The van der Waals surface area contributed by atoms with E-state index in [4.69, 9.17) is 28.9 Å². The van der Waals surface area contributed by atoms with Gasteiger partial charge in [0, 0.05) is 16.6 Å². The van der Waals surface area contributed by atoms with Gasteiger partial charge < -0.3 is 11.1 Å². The van der Waals surface area contributed by atoms with Crippen molar-refractivity contribution in [2.45, 2.75) is 25.3 Å². The largest absolute Gasteiger partial charge is 0.355 e. The van der Waals surface area contributed by atoms with Crippen LogP contribution in [0.4, 0.5) is 0 Å². The Bertz CT molecular complexity index is 650. The van der Waals surface area contributed by atoms with E-state index in [0.29, 0.717) is 23.0 Å². The molecule has 0 aliphatic carbocycles. The number of nitrogens with two attached hydrogens (primary N) is 1. The van der Waals surface area contributed by atoms with Crippen molar-refractivity contribution in [2.24, 2.45) is 5.73 Å². The standard InChI is InChI=1S/C18H20Cl2N2O.ClH/c19-15-9-8-14(16(20)12-15)11-17(21)18(23)22-10-4-7-13-5-2-1-3-6-13;/h1-3,5-6,8-9,12,17H,4,7,10-11,21H2,(H,22,23);1H/t17-;/m1./s1. The van der Waals surface area contributed by atoms with Crippen LogP contribution in [0.5, 0.6) is 0 Å². The lowest BCUT2D eigenvalue weighted by molar-refractivity contribution is -0.122. The molecular weight excluding hydrogens is 367 g/mol. The fourth-order valence-corrected chi connectivity index (χ4v) is 2.78. The first-order chi connectivity index (χ1) is 11.1. The topological polar surface area (TPSA) is 55.1 Å². The van der Waals surface area contributed by atoms with Crippen LogP contribution in [0.3, 0.4) is 0 Å². The minimum Gasteiger partial charge on any atom is -0.355 e. The summed E-state index contributed by atoms with van der Waals surface area (Å²) in [6.07, 6.45) is 2.20. The molecule has 2 aromatic rings. The molecule has 0 radical (unpaired) electrons. The molecule has 2 rings (SSSR count). The molecule has 6 heteroatoms. The Morgan fingerprint density at radius 1 is 1.12 bits per heavy atom. The van der Waals surface area contributed by atoms with Gasteiger partial charge in [0.05, 0.1) is 6.04 Å². The number of amides is 1. The Balaban J connectivity index is 0.00000288. The first-order valence-corrected chi connectivity index (χ1v) is 8.33. The molecule has 3 nitrogen and oxygen atoms in total. The maximum absolute atomic E-state index is 12.0. The van der Waals surface area contributed by atoms with Crippen LogP contribution in [0.1, 0.15) is 17.5 Å². The number of hydrogen-bond donors (Lipinski definition) is 2. The highest BCUT2D eigenvalue weighted by molar-refractivity contribution is 6.35. The maximum atomic E-state index is 12.0. The SMILES string of the molecule is Cl.N[C@H](Cc1ccc(Cl)cc1Cl)C(=O)NCCCc1ccccc1. The van der Waals surface area contributed by atoms with Gasteiger partial charge in [0.25, 0.3) is 0 Å². The van der Waals surface area contributed by atoms with Crippen molar-refractivity contribution in [1.29, 1.82) is 0 Å². The van der Waals surface area contributed by atoms with Gasteiger partial charge in [-0.2, -0.15) is 0 Å². The molecule has 0 aromatic heterocycles. The van der Waals surface area contributed by atoms with Crippen LogP contribution in [0, 0.1) is 0 Å². The van der Waals surface area contributed by atoms with Crippen molar-refractivity contribution in [2.75, 3.05) is 6.54 Å². The molecule has 0 heterocycles. The van der Waals surface area contributed by atoms with Gasteiger partial charge in [0.15, 0.2) is 0 Å². The van der Waals surface area contributed by atoms with E-state index in [-0.39, 0.29) is 18.3 Å². The zero-order chi connectivity index (χ0) is 16.7. The van der Waals surface area contributed by atoms with Crippen LogP contribution in [0.2, 0.25) is 10.0 Å². The van der Waals surface area contributed by atoms with Crippen molar-refractivity contribution in [1.82, 2.24) is 5.32 Å². The number of carbonyl (C=O) groups excluding carboxylic acids is 1. The van der Waals surface area contributed by atoms with Crippen molar-refractivity contribution in [3.8, 4) is 0 Å². The smallest absolute Gasteiger partial charge is 0.237 e. The summed E-state index contributed by atoms with van der Waals surface area (Å²) in [5, 5.41) is 3.97. The molecule has 0 unspecified atom stereocenters. The monoisotopic (exact) mass is 386 g/mol. The highest BCUT2D eigenvalue weighted by Gasteiger charge is 2.15. The van der Waals surface area contributed by atoms with Crippen molar-refractivity contribution in [3.63, 3.8) is 0 Å². The van der Waals surface area contributed by atoms with Gasteiger partial charge >= 0.3 is 0 Å². The molecule has 0 bridgehead atoms. The lowest BCUT2D eigenvalue weighted by Crippen LogP contribution is -2.42. The zero-order valence-corrected chi connectivity index (χ0v) is 15.5. The van der Waals surface area contributed by atoms with Crippen LogP contribution in [0.15, 0.2) is 48.5 Å². The molecule has 0 aliphatic rings. The predicted octanol–water partition coefficient (Wildman–Crippen LogP) is 4.03. The normalized spacial score (nSPS) is 11.5. The molecule has 0 aliphatic heterocycles. The second-order valence-corrected chi connectivity index (χ2v) is 6.27. The van der Waals surface area contributed by atoms with Gasteiger partial charge in [-0.1, -0.05) is 59.6 Å². The average Bonchev–Trinajstić information content (AvgIpc) is 2.55. The molecule has 1 amide bonds. The van der Waals surface area contributed by atoms with Crippen molar-refractivity contribution >= 4 is 41.5 Å². The molecule has 130 valence electrons. The van der Waals surface area contributed by atoms with Gasteiger partial charge in [0.1, 0.15) is 0 Å². The number of rotatable bonds is 7. The second-order valence-electron chi connectivity index (χ2n) is 5.43. The minimum atomic E-state index is -0.620. The maximum Gasteiger partial charge on any atom is 0.237 e. The number of nitrogens with one attached hydrogen (secondary N) is 1. The number of carbonyl (C=O) groups is 1. The number of hydrogen-bond acceptors (Lipinski definition) is 2. The molecule has 0 saturated carbocycles. The third-order valence-electron chi connectivity index (χ3n) is 3.58. The van der Waals surface area contributed by atoms with E-state index >= 15 is 0 Å². The number of aryl methyl sites for hydroxylation is 1. The van der Waals surface area contributed by atoms with Gasteiger partial charge in [-0.05, 0) is 42.5 Å². The summed E-state index contributed by atoms with van der Waals surface area (Å²) in [4.78, 5) is 12.0. The predicted molar refractivity (Wildman–Crippen MR) is 103 cm³/mol. The highest BCUT2D eigenvalue weighted by atomic mass is 35.5. The Morgan fingerprint density at radius 3 is 2.50 bits per heavy atom. The number of benzene rings is 2. The lowest BCUT2D eigenvalue weighted by atomic mass is 10.1. The third kappa shape index (κ3) is 6.70. The zero-order valence-electron chi connectivity index (χ0n) is 13.2. The summed E-state index contributed by atoms with van der Waals surface area (Å²) in [5.74, 6) is -0.163. The van der Waals surface area contributed by atoms with Gasteiger partial charge in [-0.3, -0.25) is 4.79 Å².